The van der Waals surface area contributed by atoms with Crippen molar-refractivity contribution in [1.29, 1.82) is 0 Å². The number of hydrogen-bond donors (Lipinski definition) is 0. The Kier molecular flexibility index (Phi) is 5.68. The van der Waals surface area contributed by atoms with Gasteiger partial charge in [0.05, 0.1) is 29.5 Å². The van der Waals surface area contributed by atoms with Crippen LogP contribution in [0.5, 0.6) is 0 Å². The molecule has 5 nitrogen and oxygen atoms in total. The van der Waals surface area contributed by atoms with Gasteiger partial charge in [-0.3, -0.25) is 4.79 Å². The van der Waals surface area contributed by atoms with Crippen molar-refractivity contribution in [3.63, 3.8) is 0 Å². The average molecular weight is 376 g/mol. The van der Waals surface area contributed by atoms with Crippen molar-refractivity contribution in [3.05, 3.63) is 51.5 Å². The van der Waals surface area contributed by atoms with Gasteiger partial charge in [0.2, 0.25) is 0 Å². The highest BCUT2D eigenvalue weighted by molar-refractivity contribution is 6.67. The van der Waals surface area contributed by atoms with E-state index < -0.39 is 11.2 Å². The maximum Gasteiger partial charge on any atom is 0.357 e. The molecule has 2 aromatic rings. The topological polar surface area (TPSA) is 61.2 Å². The molecule has 0 aliphatic rings. The van der Waals surface area contributed by atoms with E-state index in [0.717, 1.165) is 5.56 Å². The van der Waals surface area contributed by atoms with Crippen LogP contribution in [0.4, 0.5) is 0 Å². The van der Waals surface area contributed by atoms with Crippen molar-refractivity contribution >= 4 is 46.0 Å². The van der Waals surface area contributed by atoms with Gasteiger partial charge in [-0.15, -0.1) is 0 Å². The Balaban J connectivity index is 2.59. The smallest absolute Gasteiger partial charge is 0.357 e. The number of esters is 1. The van der Waals surface area contributed by atoms with E-state index in [4.69, 9.17) is 39.5 Å². The molecule has 0 aliphatic heterocycles. The molecule has 0 saturated heterocycles. The Morgan fingerprint density at radius 3 is 2.52 bits per heavy atom. The van der Waals surface area contributed by atoms with E-state index in [-0.39, 0.29) is 17.4 Å². The first-order valence-electron chi connectivity index (χ1n) is 6.70. The summed E-state index contributed by atoms with van der Waals surface area (Å²) in [4.78, 5) is 27.5. The first-order chi connectivity index (χ1) is 10.9. The Hall–Kier alpha value is -1.56. The number of benzene rings is 1. The molecule has 2 rings (SSSR count). The normalized spacial score (nSPS) is 12.0. The van der Waals surface area contributed by atoms with Crippen molar-refractivity contribution in [2.24, 2.45) is 0 Å². The Morgan fingerprint density at radius 2 is 2.00 bits per heavy atom. The third-order valence-corrected chi connectivity index (χ3v) is 4.33. The minimum atomic E-state index is -0.826. The number of hydrogen-bond acceptors (Lipinski definition) is 4. The highest BCUT2D eigenvalue weighted by Crippen LogP contribution is 2.30. The van der Waals surface area contributed by atoms with Gasteiger partial charge in [-0.05, 0) is 35.7 Å². The zero-order chi connectivity index (χ0) is 17.1. The number of aromatic nitrogens is 2. The van der Waals surface area contributed by atoms with Crippen molar-refractivity contribution < 1.29 is 14.3 Å². The van der Waals surface area contributed by atoms with Gasteiger partial charge in [-0.25, -0.2) is 9.78 Å². The van der Waals surface area contributed by atoms with Crippen LogP contribution in [0.2, 0.25) is 10.0 Å². The fourth-order valence-electron chi connectivity index (χ4n) is 2.35. The molecule has 0 fully saturated rings. The molecule has 1 heterocycles. The third kappa shape index (κ3) is 3.52. The fourth-order valence-corrected chi connectivity index (χ4v) is 2.80. The molecular formula is C15H13Cl3N2O3. The van der Waals surface area contributed by atoms with Gasteiger partial charge in [-0.1, -0.05) is 36.2 Å². The van der Waals surface area contributed by atoms with Gasteiger partial charge in [-0.2, -0.15) is 0 Å². The number of carbonyl (C=O) groups excluding carboxylic acids is 2. The Labute approximate surface area is 148 Å². The van der Waals surface area contributed by atoms with E-state index in [1.165, 1.54) is 13.4 Å². The second-order valence-electron chi connectivity index (χ2n) is 4.71. The number of nitrogens with zero attached hydrogens (tertiary/aromatic N) is 2. The minimum absolute atomic E-state index is 0.00502. The van der Waals surface area contributed by atoms with Crippen LogP contribution in [-0.4, -0.2) is 27.9 Å². The highest BCUT2D eigenvalue weighted by Gasteiger charge is 2.27. The molecule has 0 N–H and O–H groups in total. The molecule has 0 radical (unpaired) electrons. The van der Waals surface area contributed by atoms with Crippen LogP contribution < -0.4 is 0 Å². The second kappa shape index (κ2) is 7.34. The largest absolute Gasteiger partial charge is 0.464 e. The summed E-state index contributed by atoms with van der Waals surface area (Å²) in [6.45, 7) is 1.93. The van der Waals surface area contributed by atoms with Gasteiger partial charge in [0.15, 0.2) is 11.4 Å². The molecule has 1 atom stereocenters. The summed E-state index contributed by atoms with van der Waals surface area (Å²) in [5.41, 5.74) is 0.681. The summed E-state index contributed by atoms with van der Waals surface area (Å²) in [6.07, 6.45) is 2.01. The van der Waals surface area contributed by atoms with Gasteiger partial charge in [0, 0.05) is 0 Å². The minimum Gasteiger partial charge on any atom is -0.464 e. The SMILES string of the molecule is CCC(c1ccc(Cl)c(Cl)c1)n1cnc(C(=O)Cl)c1C(=O)OC. The Bertz CT molecular complexity index is 758. The molecule has 0 bridgehead atoms. The zero-order valence-electron chi connectivity index (χ0n) is 12.3. The first kappa shape index (κ1) is 17.8. The molecule has 0 aliphatic carbocycles. The Morgan fingerprint density at radius 1 is 1.30 bits per heavy atom. The number of carbonyl (C=O) groups is 2. The highest BCUT2D eigenvalue weighted by atomic mass is 35.5. The molecule has 0 amide bonds. The predicted molar refractivity (Wildman–Crippen MR) is 88.6 cm³/mol. The fraction of sp³-hybridized carbons (Fsp3) is 0.267. The third-order valence-electron chi connectivity index (χ3n) is 3.41. The maximum atomic E-state index is 12.1. The van der Waals surface area contributed by atoms with E-state index in [0.29, 0.717) is 16.5 Å². The van der Waals surface area contributed by atoms with Gasteiger partial charge in [0.25, 0.3) is 5.24 Å². The predicted octanol–water partition coefficient (Wildman–Crippen LogP) is 4.35. The van der Waals surface area contributed by atoms with Gasteiger partial charge in [0.1, 0.15) is 0 Å². The van der Waals surface area contributed by atoms with Crippen LogP contribution in [-0.2, 0) is 4.74 Å². The van der Waals surface area contributed by atoms with E-state index >= 15 is 0 Å². The summed E-state index contributed by atoms with van der Waals surface area (Å²) in [5.74, 6) is -0.690. The first-order valence-corrected chi connectivity index (χ1v) is 7.84. The van der Waals surface area contributed by atoms with Crippen LogP contribution >= 0.6 is 34.8 Å². The summed E-state index contributed by atoms with van der Waals surface area (Å²) >= 11 is 17.5. The van der Waals surface area contributed by atoms with E-state index in [1.807, 2.05) is 6.92 Å². The number of rotatable bonds is 5. The maximum absolute atomic E-state index is 12.1. The number of methoxy groups -OCH3 is 1. The lowest BCUT2D eigenvalue weighted by atomic mass is 10.0. The second-order valence-corrected chi connectivity index (χ2v) is 5.87. The standard InChI is InChI=1S/C15H13Cl3N2O3/c1-3-11(8-4-5-9(16)10(17)6-8)20-7-19-12(14(18)21)13(20)15(22)23-2/h4-7,11H,3H2,1-2H3. The van der Waals surface area contributed by atoms with Gasteiger partial charge >= 0.3 is 5.97 Å². The van der Waals surface area contributed by atoms with Crippen LogP contribution in [0.3, 0.4) is 0 Å². The van der Waals surface area contributed by atoms with E-state index in [9.17, 15) is 9.59 Å². The molecule has 1 aromatic heterocycles. The molecular weight excluding hydrogens is 363 g/mol. The number of ether oxygens (including phenoxy) is 1. The quantitative estimate of drug-likeness (QED) is 0.575. The number of halogens is 3. The molecule has 8 heteroatoms. The van der Waals surface area contributed by atoms with Crippen LogP contribution in [0.1, 0.15) is 45.9 Å². The molecule has 1 unspecified atom stereocenters. The van der Waals surface area contributed by atoms with Gasteiger partial charge < -0.3 is 9.30 Å². The monoisotopic (exact) mass is 374 g/mol. The van der Waals surface area contributed by atoms with Crippen LogP contribution in [0.25, 0.3) is 0 Å². The average Bonchev–Trinajstić information content (AvgIpc) is 2.95. The summed E-state index contributed by atoms with van der Waals surface area (Å²) in [6, 6.07) is 4.90. The molecule has 0 saturated carbocycles. The van der Waals surface area contributed by atoms with Crippen molar-refractivity contribution in [2.45, 2.75) is 19.4 Å². The molecule has 1 aromatic carbocycles. The lowest BCUT2D eigenvalue weighted by molar-refractivity contribution is 0.0584. The van der Waals surface area contributed by atoms with Crippen molar-refractivity contribution in [1.82, 2.24) is 9.55 Å². The zero-order valence-corrected chi connectivity index (χ0v) is 14.6. The summed E-state index contributed by atoms with van der Waals surface area (Å²) in [5, 5.41) is 0.00449. The van der Waals surface area contributed by atoms with E-state index in [2.05, 4.69) is 4.98 Å². The summed E-state index contributed by atoms with van der Waals surface area (Å²) < 4.78 is 6.30. The lowest BCUT2D eigenvalue weighted by Gasteiger charge is -2.20. The molecule has 0 spiro atoms. The van der Waals surface area contributed by atoms with Crippen LogP contribution in [0.15, 0.2) is 24.5 Å². The lowest BCUT2D eigenvalue weighted by Crippen LogP contribution is -2.18. The summed E-state index contributed by atoms with van der Waals surface area (Å²) in [7, 11) is 1.22. The number of imidazole rings is 1. The van der Waals surface area contributed by atoms with Crippen molar-refractivity contribution in [3.8, 4) is 0 Å². The molecule has 23 heavy (non-hydrogen) atoms. The van der Waals surface area contributed by atoms with Crippen LogP contribution in [0, 0.1) is 0 Å². The van der Waals surface area contributed by atoms with Crippen molar-refractivity contribution in [2.75, 3.05) is 7.11 Å². The van der Waals surface area contributed by atoms with E-state index in [1.54, 1.807) is 22.8 Å². The molecule has 122 valence electrons.